The normalized spacial score (nSPS) is 10.6. The number of aromatic nitrogens is 1. The van der Waals surface area contributed by atoms with Crippen molar-refractivity contribution in [1.29, 1.82) is 0 Å². The minimum absolute atomic E-state index is 0.243. The number of rotatable bonds is 10. The lowest BCUT2D eigenvalue weighted by atomic mass is 10.2. The second-order valence-electron chi connectivity index (χ2n) is 8.49. The van der Waals surface area contributed by atoms with Crippen molar-refractivity contribution >= 4 is 34.9 Å². The zero-order valence-electron chi connectivity index (χ0n) is 21.4. The van der Waals surface area contributed by atoms with E-state index in [-0.39, 0.29) is 11.6 Å². The predicted molar refractivity (Wildman–Crippen MR) is 145 cm³/mol. The number of halogens is 1. The van der Waals surface area contributed by atoms with E-state index >= 15 is 0 Å². The molecule has 10 nitrogen and oxygen atoms in total. The zero-order valence-corrected chi connectivity index (χ0v) is 22.2. The number of hydrogen-bond donors (Lipinski definition) is 4. The number of pyridine rings is 1. The van der Waals surface area contributed by atoms with Gasteiger partial charge in [-0.2, -0.15) is 0 Å². The molecule has 0 saturated heterocycles. The molecule has 37 heavy (non-hydrogen) atoms. The number of likely N-dealkylation sites (N-methyl/N-ethyl adjacent to an activating group) is 1. The number of benzene rings is 2. The Bertz CT molecular complexity index is 1270. The molecule has 3 rings (SSSR count). The number of aryl methyl sites for hydroxylation is 2. The molecule has 0 atom stereocenters. The van der Waals surface area contributed by atoms with E-state index in [0.29, 0.717) is 46.8 Å². The lowest BCUT2D eigenvalue weighted by Gasteiger charge is -2.17. The maximum Gasteiger partial charge on any atom is 0.337 e. The average Bonchev–Trinajstić information content (AvgIpc) is 2.86. The fraction of sp³-hybridized carbons (Fsp3) is 0.269. The summed E-state index contributed by atoms with van der Waals surface area (Å²) in [5.41, 5.74) is 8.48. The number of urea groups is 1. The molecule has 0 radical (unpaired) electrons. The van der Waals surface area contributed by atoms with E-state index in [1.54, 1.807) is 36.4 Å². The predicted octanol–water partition coefficient (Wildman–Crippen LogP) is 4.59. The third-order valence-corrected chi connectivity index (χ3v) is 5.64. The SMILES string of the molecule is CNC(=O)c1cc(Oc2cc(NNC(=O)Nc3cc(C)c(Cl)cc3OCCN(C)C)ccc2C)ccn1. The minimum Gasteiger partial charge on any atom is -0.490 e. The van der Waals surface area contributed by atoms with Crippen molar-refractivity contribution in [3.05, 3.63) is 70.5 Å². The molecule has 11 heteroatoms. The third-order valence-electron chi connectivity index (χ3n) is 5.23. The highest BCUT2D eigenvalue weighted by Crippen LogP contribution is 2.31. The average molecular weight is 527 g/mol. The van der Waals surface area contributed by atoms with Crippen molar-refractivity contribution in [2.24, 2.45) is 0 Å². The van der Waals surface area contributed by atoms with Crippen LogP contribution in [0.5, 0.6) is 17.2 Å². The van der Waals surface area contributed by atoms with Gasteiger partial charge in [-0.05, 0) is 57.3 Å². The van der Waals surface area contributed by atoms with E-state index in [1.807, 2.05) is 38.9 Å². The molecule has 196 valence electrons. The highest BCUT2D eigenvalue weighted by molar-refractivity contribution is 6.31. The van der Waals surface area contributed by atoms with Crippen LogP contribution < -0.4 is 31.0 Å². The quantitative estimate of drug-likeness (QED) is 0.285. The maximum absolute atomic E-state index is 12.6. The lowest BCUT2D eigenvalue weighted by molar-refractivity contribution is 0.0957. The fourth-order valence-corrected chi connectivity index (χ4v) is 3.30. The van der Waals surface area contributed by atoms with Crippen molar-refractivity contribution in [3.63, 3.8) is 0 Å². The Morgan fingerprint density at radius 2 is 1.81 bits per heavy atom. The highest BCUT2D eigenvalue weighted by atomic mass is 35.5. The summed E-state index contributed by atoms with van der Waals surface area (Å²) in [4.78, 5) is 30.5. The van der Waals surface area contributed by atoms with Gasteiger partial charge in [0.2, 0.25) is 0 Å². The summed E-state index contributed by atoms with van der Waals surface area (Å²) in [5.74, 6) is 1.17. The molecule has 0 fully saturated rings. The smallest absolute Gasteiger partial charge is 0.337 e. The number of carbonyl (C=O) groups is 2. The van der Waals surface area contributed by atoms with Crippen LogP contribution in [0.15, 0.2) is 48.7 Å². The van der Waals surface area contributed by atoms with Gasteiger partial charge >= 0.3 is 6.03 Å². The molecule has 0 unspecified atom stereocenters. The first-order valence-electron chi connectivity index (χ1n) is 11.5. The topological polar surface area (TPSA) is 117 Å². The van der Waals surface area contributed by atoms with E-state index in [0.717, 1.165) is 11.1 Å². The molecular formula is C26H31ClN6O4. The van der Waals surface area contributed by atoms with Crippen LogP contribution in [0.2, 0.25) is 5.02 Å². The Balaban J connectivity index is 1.66. The standard InChI is InChI=1S/C26H31ClN6O4/c1-16-6-7-18(13-23(16)37-19-8-9-29-22(14-19)25(34)28-3)31-32-26(35)30-21-12-17(2)20(27)15-24(21)36-11-10-33(4)5/h6-9,12-15,31H,10-11H2,1-5H3,(H,28,34)(H2,30,32,35). The molecule has 3 aromatic rings. The summed E-state index contributed by atoms with van der Waals surface area (Å²) in [5, 5.41) is 5.87. The number of hydrazine groups is 1. The van der Waals surface area contributed by atoms with E-state index in [9.17, 15) is 9.59 Å². The van der Waals surface area contributed by atoms with Gasteiger partial charge in [-0.1, -0.05) is 17.7 Å². The van der Waals surface area contributed by atoms with Crippen molar-refractivity contribution in [2.45, 2.75) is 13.8 Å². The van der Waals surface area contributed by atoms with Crippen LogP contribution in [-0.2, 0) is 0 Å². The van der Waals surface area contributed by atoms with Gasteiger partial charge in [-0.15, -0.1) is 0 Å². The minimum atomic E-state index is -0.494. The molecule has 0 aliphatic heterocycles. The van der Waals surface area contributed by atoms with Crippen molar-refractivity contribution < 1.29 is 19.1 Å². The molecule has 4 N–H and O–H groups in total. The first-order chi connectivity index (χ1) is 17.7. The Morgan fingerprint density at radius 1 is 1.03 bits per heavy atom. The largest absolute Gasteiger partial charge is 0.490 e. The maximum atomic E-state index is 12.6. The van der Waals surface area contributed by atoms with Gasteiger partial charge in [0.1, 0.15) is 29.5 Å². The number of carbonyl (C=O) groups excluding carboxylic acids is 2. The number of nitrogens with one attached hydrogen (secondary N) is 4. The number of ether oxygens (including phenoxy) is 2. The van der Waals surface area contributed by atoms with E-state index in [1.165, 1.54) is 13.2 Å². The van der Waals surface area contributed by atoms with Gasteiger partial charge < -0.3 is 25.0 Å². The van der Waals surface area contributed by atoms with Crippen molar-refractivity contribution in [2.75, 3.05) is 45.0 Å². The molecule has 0 aliphatic carbocycles. The summed E-state index contributed by atoms with van der Waals surface area (Å²) in [6.07, 6.45) is 1.50. The molecule has 0 aliphatic rings. The first kappa shape index (κ1) is 27.6. The van der Waals surface area contributed by atoms with E-state index in [2.05, 4.69) is 26.5 Å². The van der Waals surface area contributed by atoms with Crippen LogP contribution in [0.1, 0.15) is 21.6 Å². The summed E-state index contributed by atoms with van der Waals surface area (Å²) in [6.45, 7) is 4.89. The summed E-state index contributed by atoms with van der Waals surface area (Å²) < 4.78 is 11.8. The summed E-state index contributed by atoms with van der Waals surface area (Å²) in [7, 11) is 5.43. The molecular weight excluding hydrogens is 496 g/mol. The molecule has 0 saturated carbocycles. The van der Waals surface area contributed by atoms with Crippen LogP contribution in [0.4, 0.5) is 16.2 Å². The summed E-state index contributed by atoms with van der Waals surface area (Å²) in [6, 6.07) is 11.5. The van der Waals surface area contributed by atoms with Gasteiger partial charge in [-0.3, -0.25) is 20.6 Å². The van der Waals surface area contributed by atoms with Gasteiger partial charge in [0, 0.05) is 43.0 Å². The third kappa shape index (κ3) is 7.99. The molecule has 2 aromatic carbocycles. The second-order valence-corrected chi connectivity index (χ2v) is 8.90. The van der Waals surface area contributed by atoms with Crippen molar-refractivity contribution in [1.82, 2.24) is 20.6 Å². The molecule has 3 amide bonds. The number of nitrogens with zero attached hydrogens (tertiary/aromatic N) is 2. The lowest BCUT2D eigenvalue weighted by Crippen LogP contribution is -2.33. The Labute approximate surface area is 221 Å². The van der Waals surface area contributed by atoms with Gasteiger partial charge in [-0.25, -0.2) is 4.79 Å². The molecule has 0 bridgehead atoms. The van der Waals surface area contributed by atoms with Crippen LogP contribution in [0, 0.1) is 13.8 Å². The molecule has 1 aromatic heterocycles. The first-order valence-corrected chi connectivity index (χ1v) is 11.9. The monoisotopic (exact) mass is 526 g/mol. The second kappa shape index (κ2) is 12.8. The fourth-order valence-electron chi connectivity index (χ4n) is 3.14. The van der Waals surface area contributed by atoms with Crippen molar-refractivity contribution in [3.8, 4) is 17.2 Å². The Morgan fingerprint density at radius 3 is 2.54 bits per heavy atom. The van der Waals surface area contributed by atoms with Crippen LogP contribution in [-0.4, -0.2) is 56.1 Å². The molecule has 1 heterocycles. The highest BCUT2D eigenvalue weighted by Gasteiger charge is 2.12. The van der Waals surface area contributed by atoms with Gasteiger partial charge in [0.15, 0.2) is 0 Å². The Kier molecular flexibility index (Phi) is 9.53. The zero-order chi connectivity index (χ0) is 26.9. The van der Waals surface area contributed by atoms with E-state index in [4.69, 9.17) is 21.1 Å². The summed E-state index contributed by atoms with van der Waals surface area (Å²) >= 11 is 6.26. The Hall–Kier alpha value is -4.02. The number of amides is 3. The van der Waals surface area contributed by atoms with Crippen LogP contribution in [0.3, 0.4) is 0 Å². The van der Waals surface area contributed by atoms with Crippen LogP contribution >= 0.6 is 11.6 Å². The number of anilines is 2. The van der Waals surface area contributed by atoms with Gasteiger partial charge in [0.05, 0.1) is 11.4 Å². The van der Waals surface area contributed by atoms with Gasteiger partial charge in [0.25, 0.3) is 5.91 Å². The van der Waals surface area contributed by atoms with Crippen LogP contribution in [0.25, 0.3) is 0 Å². The van der Waals surface area contributed by atoms with E-state index < -0.39 is 6.03 Å². The number of hydrogen-bond acceptors (Lipinski definition) is 7. The molecule has 0 spiro atoms.